The lowest BCUT2D eigenvalue weighted by atomic mass is 9.86. The normalized spacial score (nSPS) is 19.5. The topological polar surface area (TPSA) is 193 Å². The van der Waals surface area contributed by atoms with Gasteiger partial charge in [-0.2, -0.15) is 36.5 Å². The van der Waals surface area contributed by atoms with Gasteiger partial charge in [-0.1, -0.05) is 12.1 Å². The van der Waals surface area contributed by atoms with Crippen molar-refractivity contribution in [2.45, 2.75) is 128 Å². The van der Waals surface area contributed by atoms with Crippen molar-refractivity contribution in [3.8, 4) is 0 Å². The summed E-state index contributed by atoms with van der Waals surface area (Å²) in [6.45, 7) is 3.27. The van der Waals surface area contributed by atoms with E-state index in [0.717, 1.165) is 62.8 Å². The van der Waals surface area contributed by atoms with Crippen molar-refractivity contribution in [3.05, 3.63) is 94.8 Å². The lowest BCUT2D eigenvalue weighted by Gasteiger charge is -2.29. The zero-order chi connectivity index (χ0) is 58.3. The Bertz CT molecular complexity index is 2960. The number of hydrogen-bond acceptors (Lipinski definition) is 8. The minimum Gasteiger partial charge on any atom is -0.339 e. The average Bonchev–Trinajstić information content (AvgIpc) is 4.21. The van der Waals surface area contributed by atoms with Gasteiger partial charge in [0.1, 0.15) is 42.5 Å². The van der Waals surface area contributed by atoms with Crippen LogP contribution in [0.3, 0.4) is 0 Å². The van der Waals surface area contributed by atoms with Gasteiger partial charge in [0.2, 0.25) is 23.6 Å². The molecule has 0 saturated heterocycles. The van der Waals surface area contributed by atoms with Crippen molar-refractivity contribution in [1.82, 2.24) is 40.0 Å². The molecule has 25 heteroatoms. The summed E-state index contributed by atoms with van der Waals surface area (Å²) < 4.78 is 127. The summed E-state index contributed by atoms with van der Waals surface area (Å²) >= 11 is 0. The number of hydrogen-bond donors (Lipinski definition) is 4. The molecule has 4 N–H and O–H groups in total. The number of aromatic nitrogens is 4. The molecule has 2 heterocycles. The van der Waals surface area contributed by atoms with Crippen LogP contribution < -0.4 is 21.3 Å². The van der Waals surface area contributed by atoms with Gasteiger partial charge in [-0.3, -0.25) is 38.1 Å². The third-order valence-electron chi connectivity index (χ3n) is 16.0. The van der Waals surface area contributed by atoms with Gasteiger partial charge >= 0.3 is 12.4 Å². The molecule has 2 aromatic heterocycles. The largest absolute Gasteiger partial charge is 0.406 e. The maximum absolute atomic E-state index is 15.8. The van der Waals surface area contributed by atoms with Crippen LogP contribution in [0.15, 0.2) is 54.9 Å². The van der Waals surface area contributed by atoms with Crippen LogP contribution in [0.4, 0.5) is 50.9 Å². The van der Waals surface area contributed by atoms with Crippen molar-refractivity contribution >= 4 is 46.8 Å². The highest BCUT2D eigenvalue weighted by atomic mass is 19.4. The van der Waals surface area contributed by atoms with E-state index in [0.29, 0.717) is 35.5 Å². The molecule has 4 saturated carbocycles. The number of likely N-dealkylation sites (N-methyl/N-ethyl adjacent to an activating group) is 2. The Morgan fingerprint density at radius 2 is 1.11 bits per heavy atom. The quantitative estimate of drug-likeness (QED) is 0.0500. The molecule has 0 aliphatic heterocycles. The molecule has 4 unspecified atom stereocenters. The SMILES string of the molecule is CCn1ncc(F)c1C(=O)N[C@H](C(=O)Nc1ccc([C@H](C)C(=O)N(C)CC(F)(F)F)cc1F)C(C1CC1)C1CC1CC(C)n1nccc1C(=O)N[C@H](C(=O)Nc1ccc([C@H](C)C(=O)N(C)CC(F)(F)F)cc1F)C(C1CC1)C1CC1. The highest BCUT2D eigenvalue weighted by molar-refractivity contribution is 6.02. The van der Waals surface area contributed by atoms with Crippen LogP contribution in [0, 0.1) is 58.9 Å². The van der Waals surface area contributed by atoms with Crippen LogP contribution in [0.2, 0.25) is 0 Å². The number of alkyl halides is 6. The number of anilines is 2. The molecule has 4 aliphatic carbocycles. The number of carbonyl (C=O) groups is 6. The summed E-state index contributed by atoms with van der Waals surface area (Å²) in [4.78, 5) is 83.6. The summed E-state index contributed by atoms with van der Waals surface area (Å²) in [5.41, 5.74) is -0.752. The third kappa shape index (κ3) is 14.1. The van der Waals surface area contributed by atoms with Crippen LogP contribution in [-0.2, 0) is 25.7 Å². The monoisotopic (exact) mass is 1130 g/mol. The highest BCUT2D eigenvalue weighted by Crippen LogP contribution is 2.57. The Labute approximate surface area is 455 Å². The molecule has 4 aromatic rings. The highest BCUT2D eigenvalue weighted by Gasteiger charge is 2.54. The summed E-state index contributed by atoms with van der Waals surface area (Å²) in [5, 5.41) is 19.2. The molecule has 8 rings (SSSR count). The van der Waals surface area contributed by atoms with Gasteiger partial charge in [-0.25, -0.2) is 13.2 Å². The van der Waals surface area contributed by atoms with E-state index >= 15 is 13.2 Å². The van der Waals surface area contributed by atoms with E-state index in [4.69, 9.17) is 0 Å². The van der Waals surface area contributed by atoms with Crippen molar-refractivity contribution in [3.63, 3.8) is 0 Å². The van der Waals surface area contributed by atoms with Crippen molar-refractivity contribution in [1.29, 1.82) is 0 Å². The number of amides is 6. The maximum atomic E-state index is 15.8. The van der Waals surface area contributed by atoms with Crippen molar-refractivity contribution in [2.75, 3.05) is 37.8 Å². The number of nitrogens with zero attached hydrogens (tertiary/aromatic N) is 6. The first-order valence-electron chi connectivity index (χ1n) is 26.8. The second-order valence-corrected chi connectivity index (χ2v) is 22.2. The van der Waals surface area contributed by atoms with Crippen LogP contribution in [0.5, 0.6) is 0 Å². The molecule has 6 amide bonds. The van der Waals surface area contributed by atoms with Gasteiger partial charge in [-0.05, 0) is 162 Å². The summed E-state index contributed by atoms with van der Waals surface area (Å²) in [7, 11) is 1.98. The van der Waals surface area contributed by atoms with Gasteiger partial charge in [-0.15, -0.1) is 0 Å². The van der Waals surface area contributed by atoms with Gasteiger partial charge in [0.05, 0.1) is 35.4 Å². The molecule has 4 aliphatic rings. The van der Waals surface area contributed by atoms with E-state index in [1.54, 1.807) is 6.92 Å². The standard InChI is InChI=1S/C55H65F9N10O6/c1-7-73-47(39(58)24-66-73)51(78)70-46(50(77)68-41-17-15-34(23-38(41)57)29(4)53(80)72(6)26-55(62,63)64)44(32-12-13-32)36-21-35(36)20-27(2)74-42(18-19-65-74)48(75)69-45(43(30-8-9-30)31-10-11-31)49(76)67-40-16-14-33(22-37(40)56)28(3)52(79)71(5)25-54(59,60)61/h14-19,22-24,27-32,35-36,43-46H,7-13,20-21,25-26H2,1-6H3,(H,67,76)(H,68,77)(H,69,75)(H,70,78)/t27?,28-,29-,35?,36?,44?,45-,46-/m0/s1. The van der Waals surface area contributed by atoms with Gasteiger partial charge in [0, 0.05) is 26.8 Å². The first-order valence-corrected chi connectivity index (χ1v) is 26.8. The van der Waals surface area contributed by atoms with E-state index in [1.165, 1.54) is 55.1 Å². The van der Waals surface area contributed by atoms with E-state index in [9.17, 15) is 55.1 Å². The fourth-order valence-corrected chi connectivity index (χ4v) is 11.4. The second-order valence-electron chi connectivity index (χ2n) is 22.2. The molecular weight excluding hydrogens is 1070 g/mol. The lowest BCUT2D eigenvalue weighted by molar-refractivity contribution is -0.159. The molecule has 2 aromatic carbocycles. The molecule has 434 valence electrons. The molecule has 80 heavy (non-hydrogen) atoms. The Morgan fingerprint density at radius 3 is 1.56 bits per heavy atom. The van der Waals surface area contributed by atoms with Crippen molar-refractivity contribution < 1.29 is 68.3 Å². The summed E-state index contributed by atoms with van der Waals surface area (Å²) in [6, 6.07) is 5.55. The van der Waals surface area contributed by atoms with E-state index < -0.39 is 120 Å². The van der Waals surface area contributed by atoms with E-state index in [-0.39, 0.29) is 70.2 Å². The Hall–Kier alpha value is -6.95. The van der Waals surface area contributed by atoms with Crippen LogP contribution in [0.25, 0.3) is 0 Å². The first-order chi connectivity index (χ1) is 37.6. The Kier molecular flexibility index (Phi) is 17.5. The second kappa shape index (κ2) is 23.6. The molecule has 4 fully saturated rings. The minimum absolute atomic E-state index is 0.0460. The summed E-state index contributed by atoms with van der Waals surface area (Å²) in [6.07, 6.45) is -1.30. The van der Waals surface area contributed by atoms with Gasteiger partial charge in [0.15, 0.2) is 11.5 Å². The molecule has 0 spiro atoms. The zero-order valence-corrected chi connectivity index (χ0v) is 44.9. The first kappa shape index (κ1) is 59.2. The fourth-order valence-electron chi connectivity index (χ4n) is 11.4. The maximum Gasteiger partial charge on any atom is 0.406 e. The van der Waals surface area contributed by atoms with Crippen LogP contribution in [-0.4, -0.2) is 116 Å². The van der Waals surface area contributed by atoms with E-state index in [1.807, 2.05) is 6.92 Å². The summed E-state index contributed by atoms with van der Waals surface area (Å²) in [5.74, 6) is -11.0. The molecule has 8 atom stereocenters. The predicted octanol–water partition coefficient (Wildman–Crippen LogP) is 8.99. The molecule has 0 bridgehead atoms. The van der Waals surface area contributed by atoms with E-state index in [2.05, 4.69) is 31.5 Å². The minimum atomic E-state index is -4.66. The Balaban J connectivity index is 0.971. The number of nitrogens with one attached hydrogen (secondary N) is 4. The lowest BCUT2D eigenvalue weighted by Crippen LogP contribution is -2.50. The van der Waals surface area contributed by atoms with Gasteiger partial charge < -0.3 is 31.1 Å². The number of halogens is 9. The van der Waals surface area contributed by atoms with Gasteiger partial charge in [0.25, 0.3) is 11.8 Å². The third-order valence-corrected chi connectivity index (χ3v) is 16.0. The number of rotatable bonds is 24. The zero-order valence-electron chi connectivity index (χ0n) is 44.9. The Morgan fingerprint density at radius 1 is 0.650 bits per heavy atom. The van der Waals surface area contributed by atoms with Crippen molar-refractivity contribution in [2.24, 2.45) is 41.4 Å². The fraction of sp³-hybridized carbons (Fsp3) is 0.564. The van der Waals surface area contributed by atoms with Crippen LogP contribution in [0.1, 0.15) is 129 Å². The number of benzene rings is 2. The molecular formula is C55H65F9N10O6. The number of carbonyl (C=O) groups excluding carboxylic acids is 6. The number of aryl methyl sites for hydroxylation is 1. The van der Waals surface area contributed by atoms with Crippen LogP contribution >= 0.6 is 0 Å². The molecule has 16 nitrogen and oxygen atoms in total. The smallest absolute Gasteiger partial charge is 0.339 e. The predicted molar refractivity (Wildman–Crippen MR) is 273 cm³/mol. The molecule has 0 radical (unpaired) electrons. The average molecular weight is 1130 g/mol.